The Kier molecular flexibility index (Phi) is 2.38. The third-order valence-corrected chi connectivity index (χ3v) is 2.40. The Labute approximate surface area is 85.1 Å². The van der Waals surface area contributed by atoms with E-state index in [-0.39, 0.29) is 5.56 Å². The summed E-state index contributed by atoms with van der Waals surface area (Å²) < 4.78 is 24.8. The molecule has 0 spiro atoms. The lowest BCUT2D eigenvalue weighted by molar-refractivity contribution is 0.151. The van der Waals surface area contributed by atoms with Crippen molar-refractivity contribution in [1.82, 2.24) is 0 Å². The van der Waals surface area contributed by atoms with Gasteiger partial charge in [0, 0.05) is 16.0 Å². The molecule has 0 unspecified atom stereocenters. The molecule has 0 aromatic heterocycles. The molecular weight excluding hydrogens is 206 g/mol. The Hall–Kier alpha value is -1.15. The van der Waals surface area contributed by atoms with E-state index in [0.29, 0.717) is 5.02 Å². The second-order valence-electron chi connectivity index (χ2n) is 3.02. The van der Waals surface area contributed by atoms with E-state index in [1.807, 2.05) is 12.1 Å². The number of rotatable bonds is 1. The van der Waals surface area contributed by atoms with Gasteiger partial charge in [-0.05, 0) is 17.5 Å². The largest absolute Gasteiger partial charge is 0.263 e. The van der Waals surface area contributed by atoms with Crippen molar-refractivity contribution < 1.29 is 8.78 Å². The van der Waals surface area contributed by atoms with E-state index < -0.39 is 6.43 Å². The van der Waals surface area contributed by atoms with Crippen molar-refractivity contribution in [3.05, 3.63) is 47.0 Å². The molecule has 0 amide bonds. The number of alkyl halides is 2. The molecule has 0 aliphatic heterocycles. The zero-order valence-corrected chi connectivity index (χ0v) is 7.93. The zero-order chi connectivity index (χ0) is 10.1. The molecule has 0 heterocycles. The van der Waals surface area contributed by atoms with Gasteiger partial charge in [-0.3, -0.25) is 0 Å². The fraction of sp³-hybridized carbons (Fsp3) is 0.0909. The molecule has 0 N–H and O–H groups in total. The first-order chi connectivity index (χ1) is 6.68. The molecular formula is C11H7ClF2. The number of fused-ring (bicyclic) bond motifs is 1. The van der Waals surface area contributed by atoms with E-state index in [1.165, 1.54) is 12.1 Å². The summed E-state index contributed by atoms with van der Waals surface area (Å²) in [4.78, 5) is 0. The lowest BCUT2D eigenvalue weighted by Crippen LogP contribution is -1.84. The van der Waals surface area contributed by atoms with Crippen molar-refractivity contribution >= 4 is 22.4 Å². The molecule has 2 rings (SSSR count). The van der Waals surface area contributed by atoms with Crippen LogP contribution in [0.1, 0.15) is 12.0 Å². The van der Waals surface area contributed by atoms with Gasteiger partial charge in [-0.2, -0.15) is 0 Å². The summed E-state index contributed by atoms with van der Waals surface area (Å²) in [6.45, 7) is 0. The summed E-state index contributed by atoms with van der Waals surface area (Å²) in [7, 11) is 0. The van der Waals surface area contributed by atoms with Crippen LogP contribution >= 0.6 is 11.6 Å². The van der Waals surface area contributed by atoms with E-state index in [4.69, 9.17) is 11.6 Å². The van der Waals surface area contributed by atoms with Gasteiger partial charge >= 0.3 is 0 Å². The topological polar surface area (TPSA) is 0 Å². The van der Waals surface area contributed by atoms with Crippen molar-refractivity contribution in [2.75, 3.05) is 0 Å². The van der Waals surface area contributed by atoms with E-state index in [9.17, 15) is 8.78 Å². The maximum atomic E-state index is 12.4. The van der Waals surface area contributed by atoms with Gasteiger partial charge in [-0.25, -0.2) is 8.78 Å². The first-order valence-corrected chi connectivity index (χ1v) is 4.52. The van der Waals surface area contributed by atoms with Crippen LogP contribution in [0.2, 0.25) is 5.02 Å². The standard InChI is InChI=1S/C11H7ClF2/c12-10-6-8(11(13)14)5-7-3-1-2-4-9(7)10/h1-6,11H. The molecule has 14 heavy (non-hydrogen) atoms. The highest BCUT2D eigenvalue weighted by Crippen LogP contribution is 2.29. The van der Waals surface area contributed by atoms with Crippen LogP contribution in [0.3, 0.4) is 0 Å². The molecule has 0 radical (unpaired) electrons. The molecule has 3 heteroatoms. The van der Waals surface area contributed by atoms with Crippen molar-refractivity contribution in [2.45, 2.75) is 6.43 Å². The number of hydrogen-bond donors (Lipinski definition) is 0. The normalized spacial score (nSPS) is 11.1. The predicted molar refractivity (Wildman–Crippen MR) is 53.9 cm³/mol. The zero-order valence-electron chi connectivity index (χ0n) is 7.18. The Morgan fingerprint density at radius 1 is 1.07 bits per heavy atom. The highest BCUT2D eigenvalue weighted by atomic mass is 35.5. The lowest BCUT2D eigenvalue weighted by Gasteiger charge is -2.04. The van der Waals surface area contributed by atoms with Crippen molar-refractivity contribution in [3.63, 3.8) is 0 Å². The SMILES string of the molecule is FC(F)c1cc(Cl)c2ccccc2c1. The smallest absolute Gasteiger partial charge is 0.205 e. The Bertz CT molecular complexity index is 466. The minimum atomic E-state index is -2.47. The van der Waals surface area contributed by atoms with Crippen molar-refractivity contribution in [2.24, 2.45) is 0 Å². The summed E-state index contributed by atoms with van der Waals surface area (Å²) in [5, 5.41) is 1.92. The van der Waals surface area contributed by atoms with Crippen LogP contribution in [0.25, 0.3) is 10.8 Å². The second kappa shape index (κ2) is 3.54. The van der Waals surface area contributed by atoms with Crippen LogP contribution in [0, 0.1) is 0 Å². The second-order valence-corrected chi connectivity index (χ2v) is 3.43. The summed E-state index contributed by atoms with van der Waals surface area (Å²) in [6.07, 6.45) is -2.47. The summed E-state index contributed by atoms with van der Waals surface area (Å²) >= 11 is 5.87. The third kappa shape index (κ3) is 1.58. The van der Waals surface area contributed by atoms with Crippen LogP contribution in [0.4, 0.5) is 8.78 Å². The maximum absolute atomic E-state index is 12.4. The first kappa shape index (κ1) is 9.41. The lowest BCUT2D eigenvalue weighted by atomic mass is 10.1. The number of hydrogen-bond acceptors (Lipinski definition) is 0. The van der Waals surface area contributed by atoms with Gasteiger partial charge < -0.3 is 0 Å². The average Bonchev–Trinajstić information content (AvgIpc) is 2.17. The molecule has 0 aliphatic rings. The fourth-order valence-electron chi connectivity index (χ4n) is 1.41. The average molecular weight is 213 g/mol. The number of halogens is 3. The van der Waals surface area contributed by atoms with E-state index in [1.54, 1.807) is 12.1 Å². The molecule has 2 aromatic carbocycles. The number of benzene rings is 2. The van der Waals surface area contributed by atoms with Gasteiger partial charge in [0.05, 0.1) is 0 Å². The van der Waals surface area contributed by atoms with Crippen LogP contribution in [0.15, 0.2) is 36.4 Å². The van der Waals surface area contributed by atoms with Crippen LogP contribution in [-0.2, 0) is 0 Å². The van der Waals surface area contributed by atoms with Gasteiger partial charge in [0.2, 0.25) is 0 Å². The molecule has 0 saturated carbocycles. The van der Waals surface area contributed by atoms with Gasteiger partial charge in [-0.1, -0.05) is 35.9 Å². The van der Waals surface area contributed by atoms with E-state index >= 15 is 0 Å². The van der Waals surface area contributed by atoms with Crippen molar-refractivity contribution in [1.29, 1.82) is 0 Å². The molecule has 72 valence electrons. The van der Waals surface area contributed by atoms with Gasteiger partial charge in [0.1, 0.15) is 0 Å². The Morgan fingerprint density at radius 2 is 1.79 bits per heavy atom. The van der Waals surface area contributed by atoms with Crippen LogP contribution < -0.4 is 0 Å². The summed E-state index contributed by atoms with van der Waals surface area (Å²) in [5.74, 6) is 0. The molecule has 2 aromatic rings. The molecule has 0 fully saturated rings. The minimum Gasteiger partial charge on any atom is -0.205 e. The quantitative estimate of drug-likeness (QED) is 0.656. The Morgan fingerprint density at radius 3 is 2.50 bits per heavy atom. The Balaban J connectivity index is 2.72. The first-order valence-electron chi connectivity index (χ1n) is 4.15. The van der Waals surface area contributed by atoms with Gasteiger partial charge in [0.25, 0.3) is 6.43 Å². The monoisotopic (exact) mass is 212 g/mol. The van der Waals surface area contributed by atoms with Gasteiger partial charge in [-0.15, -0.1) is 0 Å². The van der Waals surface area contributed by atoms with Crippen molar-refractivity contribution in [3.8, 4) is 0 Å². The molecule has 0 saturated heterocycles. The maximum Gasteiger partial charge on any atom is 0.263 e. The highest BCUT2D eigenvalue weighted by molar-refractivity contribution is 6.35. The highest BCUT2D eigenvalue weighted by Gasteiger charge is 2.09. The molecule has 0 bridgehead atoms. The van der Waals surface area contributed by atoms with E-state index in [0.717, 1.165) is 10.8 Å². The predicted octanol–water partition coefficient (Wildman–Crippen LogP) is 4.43. The summed E-state index contributed by atoms with van der Waals surface area (Å²) in [5.41, 5.74) is -0.0336. The molecule has 0 atom stereocenters. The van der Waals surface area contributed by atoms with Crippen LogP contribution in [-0.4, -0.2) is 0 Å². The fourth-order valence-corrected chi connectivity index (χ4v) is 1.71. The molecule has 0 nitrogen and oxygen atoms in total. The summed E-state index contributed by atoms with van der Waals surface area (Å²) in [6, 6.07) is 9.99. The third-order valence-electron chi connectivity index (χ3n) is 2.09. The van der Waals surface area contributed by atoms with E-state index in [2.05, 4.69) is 0 Å². The minimum absolute atomic E-state index is 0.0336. The van der Waals surface area contributed by atoms with Gasteiger partial charge in [0.15, 0.2) is 0 Å². The van der Waals surface area contributed by atoms with Crippen LogP contribution in [0.5, 0.6) is 0 Å². The molecule has 0 aliphatic carbocycles.